The van der Waals surface area contributed by atoms with E-state index in [1.54, 1.807) is 0 Å². The normalized spacial score (nSPS) is 16.9. The van der Waals surface area contributed by atoms with Gasteiger partial charge in [0.25, 0.3) is 0 Å². The highest BCUT2D eigenvalue weighted by Gasteiger charge is 2.23. The van der Waals surface area contributed by atoms with Gasteiger partial charge in [-0.1, -0.05) is 0 Å². The van der Waals surface area contributed by atoms with E-state index in [4.69, 9.17) is 10.5 Å². The van der Waals surface area contributed by atoms with Crippen LogP contribution in [0.15, 0.2) is 24.3 Å². The lowest BCUT2D eigenvalue weighted by Crippen LogP contribution is -2.19. The molecule has 1 aliphatic carbocycles. The minimum atomic E-state index is -0.0881. The molecule has 0 aromatic heterocycles. The van der Waals surface area contributed by atoms with Crippen LogP contribution in [0.25, 0.3) is 0 Å². The number of rotatable bonds is 5. The molecule has 3 nitrogen and oxygen atoms in total. The molecular weight excluding hydrogens is 202 g/mol. The summed E-state index contributed by atoms with van der Waals surface area (Å²) in [6.45, 7) is 1.84. The summed E-state index contributed by atoms with van der Waals surface area (Å²) >= 11 is 0. The fourth-order valence-corrected chi connectivity index (χ4v) is 1.51. The van der Waals surface area contributed by atoms with Gasteiger partial charge in [-0.3, -0.25) is 4.79 Å². The fraction of sp³-hybridized carbons (Fsp3) is 0.462. The summed E-state index contributed by atoms with van der Waals surface area (Å²) in [5.41, 5.74) is 6.30. The minimum Gasteiger partial charge on any atom is -0.490 e. The number of nitrogens with two attached hydrogens (primary N) is 1. The van der Waals surface area contributed by atoms with Gasteiger partial charge >= 0.3 is 0 Å². The Balaban J connectivity index is 1.97. The number of Topliss-reactive ketones (excluding diaryl/α,β-unsaturated/α-hetero) is 1. The zero-order valence-electron chi connectivity index (χ0n) is 9.48. The molecule has 0 aliphatic heterocycles. The summed E-state index contributed by atoms with van der Waals surface area (Å²) in [7, 11) is 0. The second-order valence-electron chi connectivity index (χ2n) is 4.45. The molecule has 1 saturated carbocycles. The summed E-state index contributed by atoms with van der Waals surface area (Å²) in [5, 5.41) is 0. The second-order valence-corrected chi connectivity index (χ2v) is 4.45. The predicted molar refractivity (Wildman–Crippen MR) is 62.7 cm³/mol. The molecule has 1 fully saturated rings. The van der Waals surface area contributed by atoms with Gasteiger partial charge in [0.05, 0.1) is 6.10 Å². The first-order chi connectivity index (χ1) is 7.65. The zero-order valence-corrected chi connectivity index (χ0v) is 9.48. The van der Waals surface area contributed by atoms with E-state index in [1.807, 2.05) is 31.2 Å². The van der Waals surface area contributed by atoms with Crippen molar-refractivity contribution in [1.82, 2.24) is 0 Å². The lowest BCUT2D eigenvalue weighted by molar-refractivity contribution is 0.0976. The molecule has 1 aromatic carbocycles. The van der Waals surface area contributed by atoms with Crippen molar-refractivity contribution < 1.29 is 9.53 Å². The van der Waals surface area contributed by atoms with E-state index in [-0.39, 0.29) is 11.8 Å². The average Bonchev–Trinajstić information content (AvgIpc) is 3.01. The molecule has 1 aromatic rings. The molecule has 86 valence electrons. The molecule has 0 bridgehead atoms. The smallest absolute Gasteiger partial charge is 0.164 e. The summed E-state index contributed by atoms with van der Waals surface area (Å²) in [6, 6.07) is 7.24. The molecule has 1 aliphatic rings. The van der Waals surface area contributed by atoms with Gasteiger partial charge in [-0.15, -0.1) is 0 Å². The Morgan fingerprint density at radius 3 is 2.56 bits per heavy atom. The van der Waals surface area contributed by atoms with Crippen LogP contribution in [0, 0.1) is 0 Å². The van der Waals surface area contributed by atoms with Gasteiger partial charge in [-0.05, 0) is 44.0 Å². The Hall–Kier alpha value is -1.35. The van der Waals surface area contributed by atoms with Crippen LogP contribution in [0.4, 0.5) is 0 Å². The molecule has 0 radical (unpaired) electrons. The van der Waals surface area contributed by atoms with E-state index in [0.29, 0.717) is 18.1 Å². The largest absolute Gasteiger partial charge is 0.490 e. The molecule has 2 N–H and O–H groups in total. The molecule has 2 rings (SSSR count). The van der Waals surface area contributed by atoms with Crippen LogP contribution in [-0.2, 0) is 0 Å². The number of hydrogen-bond acceptors (Lipinski definition) is 3. The van der Waals surface area contributed by atoms with Gasteiger partial charge in [0, 0.05) is 18.0 Å². The molecule has 3 heteroatoms. The Kier molecular flexibility index (Phi) is 3.25. The van der Waals surface area contributed by atoms with Gasteiger partial charge in [-0.25, -0.2) is 0 Å². The number of hydrogen-bond donors (Lipinski definition) is 1. The van der Waals surface area contributed by atoms with Crippen LogP contribution in [-0.4, -0.2) is 17.9 Å². The van der Waals surface area contributed by atoms with Crippen LogP contribution in [0.5, 0.6) is 5.75 Å². The third-order valence-corrected chi connectivity index (χ3v) is 2.51. The van der Waals surface area contributed by atoms with Crippen LogP contribution >= 0.6 is 0 Å². The lowest BCUT2D eigenvalue weighted by atomic mass is 10.1. The first-order valence-electron chi connectivity index (χ1n) is 5.70. The molecule has 0 spiro atoms. The monoisotopic (exact) mass is 219 g/mol. The molecule has 0 amide bonds. The van der Waals surface area contributed by atoms with Crippen LogP contribution in [0.1, 0.15) is 36.5 Å². The molecule has 0 saturated heterocycles. The highest BCUT2D eigenvalue weighted by Crippen LogP contribution is 2.26. The third-order valence-electron chi connectivity index (χ3n) is 2.51. The maximum Gasteiger partial charge on any atom is 0.164 e. The van der Waals surface area contributed by atoms with Gasteiger partial charge in [0.2, 0.25) is 0 Å². The first kappa shape index (κ1) is 11.1. The topological polar surface area (TPSA) is 52.3 Å². The second kappa shape index (κ2) is 4.66. The molecular formula is C13H17NO2. The van der Waals surface area contributed by atoms with E-state index >= 15 is 0 Å². The molecule has 1 atom stereocenters. The fourth-order valence-electron chi connectivity index (χ4n) is 1.51. The van der Waals surface area contributed by atoms with Crippen molar-refractivity contribution >= 4 is 5.78 Å². The Morgan fingerprint density at radius 1 is 1.44 bits per heavy atom. The van der Waals surface area contributed by atoms with Crippen LogP contribution in [0.2, 0.25) is 0 Å². The van der Waals surface area contributed by atoms with Crippen molar-refractivity contribution in [2.75, 3.05) is 0 Å². The summed E-state index contributed by atoms with van der Waals surface area (Å²) in [6.07, 6.45) is 3.07. The van der Waals surface area contributed by atoms with E-state index in [9.17, 15) is 4.79 Å². The van der Waals surface area contributed by atoms with E-state index in [2.05, 4.69) is 0 Å². The summed E-state index contributed by atoms with van der Waals surface area (Å²) in [5.74, 6) is 0.938. The van der Waals surface area contributed by atoms with Crippen molar-refractivity contribution in [3.05, 3.63) is 29.8 Å². The lowest BCUT2D eigenvalue weighted by Gasteiger charge is -2.06. The number of benzene rings is 1. The van der Waals surface area contributed by atoms with E-state index in [1.165, 1.54) is 0 Å². The number of carbonyl (C=O) groups is 1. The summed E-state index contributed by atoms with van der Waals surface area (Å²) in [4.78, 5) is 11.7. The number of carbonyl (C=O) groups excluding carboxylic acids is 1. The van der Waals surface area contributed by atoms with Crippen LogP contribution < -0.4 is 10.5 Å². The summed E-state index contributed by atoms with van der Waals surface area (Å²) < 4.78 is 5.61. The van der Waals surface area contributed by atoms with Gasteiger partial charge in [-0.2, -0.15) is 0 Å². The molecule has 0 heterocycles. The quantitative estimate of drug-likeness (QED) is 0.772. The van der Waals surface area contributed by atoms with Gasteiger partial charge in [0.1, 0.15) is 5.75 Å². The number of ether oxygens (including phenoxy) is 1. The Morgan fingerprint density at radius 2 is 2.06 bits per heavy atom. The Labute approximate surface area is 95.6 Å². The van der Waals surface area contributed by atoms with Gasteiger partial charge < -0.3 is 10.5 Å². The molecule has 16 heavy (non-hydrogen) atoms. The van der Waals surface area contributed by atoms with E-state index < -0.39 is 0 Å². The highest BCUT2D eigenvalue weighted by atomic mass is 16.5. The van der Waals surface area contributed by atoms with Crippen molar-refractivity contribution in [1.29, 1.82) is 0 Å². The average molecular weight is 219 g/mol. The standard InChI is InChI=1S/C13H17NO2/c1-9(14)8-13(15)10-2-4-11(5-3-10)16-12-6-7-12/h2-5,9,12H,6-8,14H2,1H3. The number of ketones is 1. The van der Waals surface area contributed by atoms with Crippen molar-refractivity contribution in [3.63, 3.8) is 0 Å². The SMILES string of the molecule is CC(N)CC(=O)c1ccc(OC2CC2)cc1. The van der Waals surface area contributed by atoms with Crippen molar-refractivity contribution in [2.45, 2.75) is 38.3 Å². The zero-order chi connectivity index (χ0) is 11.5. The maximum absolute atomic E-state index is 11.7. The van der Waals surface area contributed by atoms with E-state index in [0.717, 1.165) is 18.6 Å². The highest BCUT2D eigenvalue weighted by molar-refractivity contribution is 5.96. The third kappa shape index (κ3) is 3.07. The first-order valence-corrected chi connectivity index (χ1v) is 5.70. The molecule has 1 unspecified atom stereocenters. The maximum atomic E-state index is 11.7. The predicted octanol–water partition coefficient (Wildman–Crippen LogP) is 2.15. The van der Waals surface area contributed by atoms with Crippen molar-refractivity contribution in [2.24, 2.45) is 5.73 Å². The van der Waals surface area contributed by atoms with Crippen LogP contribution in [0.3, 0.4) is 0 Å². The van der Waals surface area contributed by atoms with Crippen molar-refractivity contribution in [3.8, 4) is 5.75 Å². The Bertz CT molecular complexity index is 366. The van der Waals surface area contributed by atoms with Gasteiger partial charge in [0.15, 0.2) is 5.78 Å². The minimum absolute atomic E-state index is 0.0881.